The van der Waals surface area contributed by atoms with Crippen LogP contribution in [0, 0.1) is 5.41 Å². The second-order valence-corrected chi connectivity index (χ2v) is 9.00. The van der Waals surface area contributed by atoms with Crippen molar-refractivity contribution in [1.82, 2.24) is 10.2 Å². The molecule has 7 heteroatoms. The third kappa shape index (κ3) is 5.72. The Bertz CT molecular complexity index is 972. The molecule has 0 radical (unpaired) electrons. The van der Waals surface area contributed by atoms with E-state index in [-0.39, 0.29) is 37.9 Å². The van der Waals surface area contributed by atoms with Gasteiger partial charge in [0.15, 0.2) is 0 Å². The van der Waals surface area contributed by atoms with Crippen LogP contribution in [0.3, 0.4) is 0 Å². The minimum absolute atomic E-state index is 0.0335. The number of nitrogens with zero attached hydrogens (tertiary/aromatic N) is 1. The Labute approximate surface area is 194 Å². The van der Waals surface area contributed by atoms with Crippen molar-refractivity contribution in [2.45, 2.75) is 39.5 Å². The molecule has 0 saturated carbocycles. The highest BCUT2D eigenvalue weighted by atomic mass is 16.5. The highest BCUT2D eigenvalue weighted by Gasteiger charge is 2.33. The minimum atomic E-state index is -0.946. The zero-order chi connectivity index (χ0) is 24.0. The Hall–Kier alpha value is -3.35. The van der Waals surface area contributed by atoms with E-state index in [1.165, 1.54) is 0 Å². The van der Waals surface area contributed by atoms with Crippen molar-refractivity contribution in [3.63, 3.8) is 0 Å². The standard InChI is InChI=1S/C26H32N2O5/c1-4-14-28(15-13-23(29)30)24(31)26(2,3)17-27-25(32)33-16-22-20-11-7-5-9-18(20)19-10-6-8-12-21(19)22/h5-12,22H,4,13-17H2,1-3H3,(H,27,32)(H,29,30). The summed E-state index contributed by atoms with van der Waals surface area (Å²) in [6, 6.07) is 16.2. The molecule has 3 rings (SSSR count). The van der Waals surface area contributed by atoms with E-state index >= 15 is 0 Å². The van der Waals surface area contributed by atoms with Gasteiger partial charge < -0.3 is 20.1 Å². The molecule has 0 saturated heterocycles. The van der Waals surface area contributed by atoms with E-state index in [1.807, 2.05) is 31.2 Å². The van der Waals surface area contributed by atoms with E-state index in [1.54, 1.807) is 18.7 Å². The number of alkyl carbamates (subject to hydrolysis) is 1. The van der Waals surface area contributed by atoms with E-state index in [0.717, 1.165) is 28.7 Å². The third-order valence-corrected chi connectivity index (χ3v) is 5.97. The zero-order valence-electron chi connectivity index (χ0n) is 19.5. The van der Waals surface area contributed by atoms with Gasteiger partial charge in [-0.25, -0.2) is 4.79 Å². The Balaban J connectivity index is 1.58. The number of amides is 2. The predicted molar refractivity (Wildman–Crippen MR) is 126 cm³/mol. The average Bonchev–Trinajstić information content (AvgIpc) is 3.12. The number of ether oxygens (including phenoxy) is 1. The molecule has 0 spiro atoms. The molecule has 0 fully saturated rings. The SMILES string of the molecule is CCCN(CCC(=O)O)C(=O)C(C)(C)CNC(=O)OCC1c2ccccc2-c2ccccc21. The van der Waals surface area contributed by atoms with Crippen LogP contribution in [0.25, 0.3) is 11.1 Å². The maximum absolute atomic E-state index is 13.0. The van der Waals surface area contributed by atoms with Gasteiger partial charge in [0.05, 0.1) is 11.8 Å². The molecule has 176 valence electrons. The maximum atomic E-state index is 13.0. The van der Waals surface area contributed by atoms with Gasteiger partial charge in [-0.2, -0.15) is 0 Å². The molecule has 33 heavy (non-hydrogen) atoms. The van der Waals surface area contributed by atoms with Gasteiger partial charge >= 0.3 is 12.1 Å². The summed E-state index contributed by atoms with van der Waals surface area (Å²) in [6.07, 6.45) is 0.0355. The van der Waals surface area contributed by atoms with Crippen molar-refractivity contribution in [2.75, 3.05) is 26.2 Å². The molecule has 2 aromatic rings. The van der Waals surface area contributed by atoms with Gasteiger partial charge in [0, 0.05) is 25.6 Å². The fourth-order valence-corrected chi connectivity index (χ4v) is 4.26. The lowest BCUT2D eigenvalue weighted by atomic mass is 9.91. The van der Waals surface area contributed by atoms with E-state index in [0.29, 0.717) is 6.54 Å². The summed E-state index contributed by atoms with van der Waals surface area (Å²) in [7, 11) is 0. The number of benzene rings is 2. The summed E-state index contributed by atoms with van der Waals surface area (Å²) in [5, 5.41) is 11.7. The molecule has 0 bridgehead atoms. The topological polar surface area (TPSA) is 95.9 Å². The number of carboxylic acid groups (broad SMARTS) is 1. The predicted octanol–water partition coefficient (Wildman–Crippen LogP) is 4.26. The summed E-state index contributed by atoms with van der Waals surface area (Å²) in [4.78, 5) is 37.9. The van der Waals surface area contributed by atoms with Crippen LogP contribution in [0.4, 0.5) is 4.79 Å². The number of hydrogen-bond acceptors (Lipinski definition) is 4. The quantitative estimate of drug-likeness (QED) is 0.561. The van der Waals surface area contributed by atoms with E-state index in [2.05, 4.69) is 29.6 Å². The Morgan fingerprint density at radius 1 is 1.00 bits per heavy atom. The Morgan fingerprint density at radius 3 is 2.12 bits per heavy atom. The van der Waals surface area contributed by atoms with Crippen molar-refractivity contribution < 1.29 is 24.2 Å². The number of aliphatic carboxylic acids is 1. The second-order valence-electron chi connectivity index (χ2n) is 9.00. The molecule has 0 atom stereocenters. The number of rotatable bonds is 10. The van der Waals surface area contributed by atoms with E-state index < -0.39 is 17.5 Å². The molecule has 1 aliphatic rings. The summed E-state index contributed by atoms with van der Waals surface area (Å²) < 4.78 is 5.55. The number of carbonyl (C=O) groups is 3. The first-order valence-electron chi connectivity index (χ1n) is 11.3. The maximum Gasteiger partial charge on any atom is 0.407 e. The zero-order valence-corrected chi connectivity index (χ0v) is 19.5. The second kappa shape index (κ2) is 10.5. The summed E-state index contributed by atoms with van der Waals surface area (Å²) >= 11 is 0. The molecule has 2 amide bonds. The number of carbonyl (C=O) groups excluding carboxylic acids is 2. The first kappa shape index (κ1) is 24.3. The number of hydrogen-bond donors (Lipinski definition) is 2. The smallest absolute Gasteiger partial charge is 0.407 e. The minimum Gasteiger partial charge on any atom is -0.481 e. The first-order chi connectivity index (χ1) is 15.7. The number of carboxylic acids is 1. The van der Waals surface area contributed by atoms with Crippen molar-refractivity contribution in [2.24, 2.45) is 5.41 Å². The van der Waals surface area contributed by atoms with E-state index in [4.69, 9.17) is 9.84 Å². The van der Waals surface area contributed by atoms with Crippen molar-refractivity contribution in [1.29, 1.82) is 0 Å². The molecule has 0 aliphatic heterocycles. The first-order valence-corrected chi connectivity index (χ1v) is 11.3. The molecular weight excluding hydrogens is 420 g/mol. The van der Waals surface area contributed by atoms with Crippen LogP contribution in [-0.4, -0.2) is 54.2 Å². The van der Waals surface area contributed by atoms with Crippen LogP contribution < -0.4 is 5.32 Å². The lowest BCUT2D eigenvalue weighted by molar-refractivity contribution is -0.142. The number of fused-ring (bicyclic) bond motifs is 3. The normalized spacial score (nSPS) is 12.6. The van der Waals surface area contributed by atoms with E-state index in [9.17, 15) is 14.4 Å². The van der Waals surface area contributed by atoms with Crippen molar-refractivity contribution in [3.05, 3.63) is 59.7 Å². The van der Waals surface area contributed by atoms with Gasteiger partial charge in [0.25, 0.3) is 0 Å². The van der Waals surface area contributed by atoms with Crippen LogP contribution in [0.2, 0.25) is 0 Å². The highest BCUT2D eigenvalue weighted by Crippen LogP contribution is 2.44. The van der Waals surface area contributed by atoms with Crippen LogP contribution in [0.1, 0.15) is 50.7 Å². The van der Waals surface area contributed by atoms with Crippen molar-refractivity contribution >= 4 is 18.0 Å². The van der Waals surface area contributed by atoms with Gasteiger partial charge in [-0.05, 0) is 42.5 Å². The van der Waals surface area contributed by atoms with Crippen LogP contribution in [-0.2, 0) is 14.3 Å². The molecule has 1 aliphatic carbocycles. The van der Waals surface area contributed by atoms with Gasteiger partial charge in [-0.1, -0.05) is 55.5 Å². The van der Waals surface area contributed by atoms with Crippen LogP contribution in [0.5, 0.6) is 0 Å². The molecule has 2 aromatic carbocycles. The largest absolute Gasteiger partial charge is 0.481 e. The average molecular weight is 453 g/mol. The molecular formula is C26H32N2O5. The Morgan fingerprint density at radius 2 is 1.58 bits per heavy atom. The van der Waals surface area contributed by atoms with Crippen LogP contribution >= 0.6 is 0 Å². The fraction of sp³-hybridized carbons (Fsp3) is 0.423. The molecule has 7 nitrogen and oxygen atoms in total. The monoisotopic (exact) mass is 452 g/mol. The van der Waals surface area contributed by atoms with Gasteiger partial charge in [-0.15, -0.1) is 0 Å². The third-order valence-electron chi connectivity index (χ3n) is 5.97. The van der Waals surface area contributed by atoms with Crippen LogP contribution in [0.15, 0.2) is 48.5 Å². The lowest BCUT2D eigenvalue weighted by Crippen LogP contribution is -2.48. The van der Waals surface area contributed by atoms with Gasteiger partial charge in [-0.3, -0.25) is 9.59 Å². The summed E-state index contributed by atoms with van der Waals surface area (Å²) in [5.41, 5.74) is 3.70. The molecule has 0 aromatic heterocycles. The summed E-state index contributed by atoms with van der Waals surface area (Å²) in [6.45, 7) is 6.33. The molecule has 2 N–H and O–H groups in total. The summed E-state index contributed by atoms with van der Waals surface area (Å²) in [5.74, 6) is -1.17. The fourth-order valence-electron chi connectivity index (χ4n) is 4.26. The number of nitrogens with one attached hydrogen (secondary N) is 1. The van der Waals surface area contributed by atoms with Gasteiger partial charge in [0.1, 0.15) is 6.61 Å². The lowest BCUT2D eigenvalue weighted by Gasteiger charge is -2.31. The molecule has 0 unspecified atom stereocenters. The van der Waals surface area contributed by atoms with Crippen molar-refractivity contribution in [3.8, 4) is 11.1 Å². The van der Waals surface area contributed by atoms with Gasteiger partial charge in [0.2, 0.25) is 5.91 Å². The highest BCUT2D eigenvalue weighted by molar-refractivity contribution is 5.83. The Kier molecular flexibility index (Phi) is 7.74. The molecule has 0 heterocycles.